The van der Waals surface area contributed by atoms with Gasteiger partial charge < -0.3 is 15.3 Å². The monoisotopic (exact) mass is 282 g/mol. The average molecular weight is 282 g/mol. The van der Waals surface area contributed by atoms with Gasteiger partial charge in [0.05, 0.1) is 6.42 Å². The van der Waals surface area contributed by atoms with Crippen molar-refractivity contribution in [2.75, 3.05) is 7.05 Å². The van der Waals surface area contributed by atoms with Crippen molar-refractivity contribution in [3.05, 3.63) is 0 Å². The normalized spacial score (nSPS) is 27.7. The highest BCUT2D eigenvalue weighted by atomic mass is 16.4. The molecular weight excluding hydrogens is 256 g/mol. The molecule has 1 unspecified atom stereocenters. The predicted octanol–water partition coefficient (Wildman–Crippen LogP) is 2.46. The predicted molar refractivity (Wildman–Crippen MR) is 76.5 cm³/mol. The Hall–Kier alpha value is -1.26. The van der Waals surface area contributed by atoms with Gasteiger partial charge in [-0.05, 0) is 50.4 Å². The number of aliphatic carboxylic acids is 1. The Bertz CT molecular complexity index is 360. The maximum atomic E-state index is 12.3. The first-order valence-corrected chi connectivity index (χ1v) is 7.72. The number of nitrogens with one attached hydrogen (secondary N) is 1. The number of hydrogen-bond acceptors (Lipinski definition) is 2. The van der Waals surface area contributed by atoms with E-state index in [1.807, 2.05) is 7.05 Å². The Labute approximate surface area is 120 Å². The fraction of sp³-hybridized carbons (Fsp3) is 0.867. The summed E-state index contributed by atoms with van der Waals surface area (Å²) in [5, 5.41) is 11.8. The second-order valence-electron chi connectivity index (χ2n) is 6.52. The molecule has 5 heteroatoms. The third kappa shape index (κ3) is 4.12. The highest BCUT2D eigenvalue weighted by molar-refractivity contribution is 5.76. The summed E-state index contributed by atoms with van der Waals surface area (Å²) in [5.41, 5.74) is 0. The quantitative estimate of drug-likeness (QED) is 0.813. The van der Waals surface area contributed by atoms with E-state index in [-0.39, 0.29) is 18.5 Å². The number of hydrogen-bond donors (Lipinski definition) is 2. The molecule has 0 aromatic carbocycles. The summed E-state index contributed by atoms with van der Waals surface area (Å²) in [7, 11) is 1.83. The van der Waals surface area contributed by atoms with Crippen LogP contribution in [0, 0.1) is 11.8 Å². The lowest BCUT2D eigenvalue weighted by Crippen LogP contribution is -2.49. The van der Waals surface area contributed by atoms with Gasteiger partial charge in [0, 0.05) is 19.1 Å². The molecule has 2 saturated carbocycles. The third-order valence-electron chi connectivity index (χ3n) is 4.75. The summed E-state index contributed by atoms with van der Waals surface area (Å²) >= 11 is 0. The molecule has 0 aromatic heterocycles. The van der Waals surface area contributed by atoms with Gasteiger partial charge in [-0.25, -0.2) is 4.79 Å². The molecule has 2 N–H and O–H groups in total. The molecule has 0 radical (unpaired) electrons. The maximum absolute atomic E-state index is 12.3. The van der Waals surface area contributed by atoms with Crippen LogP contribution in [0.15, 0.2) is 0 Å². The number of rotatable bonds is 5. The number of urea groups is 1. The van der Waals surface area contributed by atoms with E-state index in [4.69, 9.17) is 5.11 Å². The number of carboxylic acids is 1. The molecule has 114 valence electrons. The zero-order valence-corrected chi connectivity index (χ0v) is 12.5. The van der Waals surface area contributed by atoms with Crippen molar-refractivity contribution >= 4 is 12.0 Å². The Kier molecular flexibility index (Phi) is 4.89. The molecule has 2 aliphatic carbocycles. The van der Waals surface area contributed by atoms with Crippen LogP contribution in [-0.4, -0.2) is 41.1 Å². The van der Waals surface area contributed by atoms with Crippen LogP contribution < -0.4 is 5.32 Å². The van der Waals surface area contributed by atoms with E-state index >= 15 is 0 Å². The van der Waals surface area contributed by atoms with E-state index in [2.05, 4.69) is 12.2 Å². The first-order chi connectivity index (χ1) is 9.47. The van der Waals surface area contributed by atoms with Gasteiger partial charge in [-0.3, -0.25) is 4.79 Å². The lowest BCUT2D eigenvalue weighted by atomic mass is 9.87. The summed E-state index contributed by atoms with van der Waals surface area (Å²) in [4.78, 5) is 24.9. The molecule has 0 bridgehead atoms. The molecule has 2 fully saturated rings. The lowest BCUT2D eigenvalue weighted by molar-refractivity contribution is -0.137. The highest BCUT2D eigenvalue weighted by Crippen LogP contribution is 2.34. The SMILES string of the molecule is CC1CCC(N(C)C(=O)NC(CC(=O)O)C2CC2)CC1. The Morgan fingerprint density at radius 1 is 1.20 bits per heavy atom. The maximum Gasteiger partial charge on any atom is 0.317 e. The van der Waals surface area contributed by atoms with Gasteiger partial charge in [0.15, 0.2) is 0 Å². The molecule has 20 heavy (non-hydrogen) atoms. The smallest absolute Gasteiger partial charge is 0.317 e. The molecular formula is C15H26N2O3. The van der Waals surface area contributed by atoms with Crippen LogP contribution in [0.5, 0.6) is 0 Å². The van der Waals surface area contributed by atoms with Crippen LogP contribution >= 0.6 is 0 Å². The minimum atomic E-state index is -0.837. The van der Waals surface area contributed by atoms with Crippen LogP contribution in [0.3, 0.4) is 0 Å². The van der Waals surface area contributed by atoms with E-state index in [1.54, 1.807) is 4.90 Å². The number of carbonyl (C=O) groups excluding carboxylic acids is 1. The summed E-state index contributed by atoms with van der Waals surface area (Å²) in [6, 6.07) is -0.0106. The third-order valence-corrected chi connectivity index (χ3v) is 4.75. The Morgan fingerprint density at radius 3 is 2.30 bits per heavy atom. The molecule has 0 heterocycles. The molecule has 2 rings (SSSR count). The van der Waals surface area contributed by atoms with Crippen LogP contribution in [0.25, 0.3) is 0 Å². The second-order valence-corrected chi connectivity index (χ2v) is 6.52. The molecule has 2 aliphatic rings. The second kappa shape index (κ2) is 6.46. The van der Waals surface area contributed by atoms with E-state index in [9.17, 15) is 9.59 Å². The molecule has 1 atom stereocenters. The number of nitrogens with zero attached hydrogens (tertiary/aromatic N) is 1. The van der Waals surface area contributed by atoms with Gasteiger partial charge in [-0.15, -0.1) is 0 Å². The highest BCUT2D eigenvalue weighted by Gasteiger charge is 2.35. The number of carboxylic acid groups (broad SMARTS) is 1. The molecule has 0 aliphatic heterocycles. The van der Waals surface area contributed by atoms with Crippen molar-refractivity contribution in [3.63, 3.8) is 0 Å². The van der Waals surface area contributed by atoms with Crippen molar-refractivity contribution in [1.29, 1.82) is 0 Å². The average Bonchev–Trinajstić information content (AvgIpc) is 3.21. The van der Waals surface area contributed by atoms with Crippen LogP contribution in [0.4, 0.5) is 4.79 Å². The van der Waals surface area contributed by atoms with Crippen molar-refractivity contribution in [3.8, 4) is 0 Å². The summed E-state index contributed by atoms with van der Waals surface area (Å²) in [6.07, 6.45) is 6.54. The van der Waals surface area contributed by atoms with Gasteiger partial charge in [0.1, 0.15) is 0 Å². The van der Waals surface area contributed by atoms with Crippen molar-refractivity contribution in [1.82, 2.24) is 10.2 Å². The van der Waals surface area contributed by atoms with Crippen LogP contribution in [-0.2, 0) is 4.79 Å². The van der Waals surface area contributed by atoms with E-state index < -0.39 is 5.97 Å². The largest absolute Gasteiger partial charge is 0.481 e. The van der Waals surface area contributed by atoms with Gasteiger partial charge in [0.25, 0.3) is 0 Å². The summed E-state index contributed by atoms with van der Waals surface area (Å²) < 4.78 is 0. The first-order valence-electron chi connectivity index (χ1n) is 7.72. The van der Waals surface area contributed by atoms with Crippen molar-refractivity contribution < 1.29 is 14.7 Å². The fourth-order valence-corrected chi connectivity index (χ4v) is 3.08. The van der Waals surface area contributed by atoms with Gasteiger partial charge >= 0.3 is 12.0 Å². The number of carbonyl (C=O) groups is 2. The minimum Gasteiger partial charge on any atom is -0.481 e. The molecule has 5 nitrogen and oxygen atoms in total. The molecule has 0 spiro atoms. The van der Waals surface area contributed by atoms with Crippen LogP contribution in [0.2, 0.25) is 0 Å². The summed E-state index contributed by atoms with van der Waals surface area (Å²) in [6.45, 7) is 2.26. The molecule has 0 saturated heterocycles. The van der Waals surface area contributed by atoms with Gasteiger partial charge in [0.2, 0.25) is 0 Å². The zero-order valence-electron chi connectivity index (χ0n) is 12.5. The van der Waals surface area contributed by atoms with Gasteiger partial charge in [-0.2, -0.15) is 0 Å². The standard InChI is InChI=1S/C15H26N2O3/c1-10-3-7-12(8-4-10)17(2)15(20)16-13(9-14(18)19)11-5-6-11/h10-13H,3-9H2,1-2H3,(H,16,20)(H,18,19). The Morgan fingerprint density at radius 2 is 1.80 bits per heavy atom. The number of amides is 2. The lowest BCUT2D eigenvalue weighted by Gasteiger charge is -2.34. The van der Waals surface area contributed by atoms with Crippen molar-refractivity contribution in [2.45, 2.75) is 64.0 Å². The van der Waals surface area contributed by atoms with Crippen molar-refractivity contribution in [2.24, 2.45) is 11.8 Å². The molecule has 0 aromatic rings. The van der Waals surface area contributed by atoms with E-state index in [1.165, 1.54) is 12.8 Å². The first kappa shape index (κ1) is 15.1. The Balaban J connectivity index is 1.84. The zero-order chi connectivity index (χ0) is 14.7. The topological polar surface area (TPSA) is 69.6 Å². The van der Waals surface area contributed by atoms with Crippen LogP contribution in [0.1, 0.15) is 51.9 Å². The summed E-state index contributed by atoms with van der Waals surface area (Å²) in [5.74, 6) is 0.278. The van der Waals surface area contributed by atoms with Gasteiger partial charge in [-0.1, -0.05) is 6.92 Å². The van der Waals surface area contributed by atoms with E-state index in [0.717, 1.165) is 31.6 Å². The van der Waals surface area contributed by atoms with E-state index in [0.29, 0.717) is 12.0 Å². The minimum absolute atomic E-state index is 0.0337. The fourth-order valence-electron chi connectivity index (χ4n) is 3.08. The molecule has 2 amide bonds.